The monoisotopic (exact) mass is 686 g/mol. The molecule has 0 unspecified atom stereocenters. The van der Waals surface area contributed by atoms with E-state index < -0.39 is 44.2 Å². The van der Waals surface area contributed by atoms with Crippen LogP contribution in [0.25, 0.3) is 16.5 Å². The Hall–Kier alpha value is -3.81. The largest absolute Gasteiger partial charge is 0.495 e. The molecule has 2 heterocycles. The summed E-state index contributed by atoms with van der Waals surface area (Å²) in [6.07, 6.45) is 3.68. The number of aromatic nitrogens is 2. The quantitative estimate of drug-likeness (QED) is 0.156. The zero-order valence-electron chi connectivity index (χ0n) is 29.2. The summed E-state index contributed by atoms with van der Waals surface area (Å²) in [7, 11) is 0.228. The summed E-state index contributed by atoms with van der Waals surface area (Å²) in [6, 6.07) is 7.74. The SMILES string of the molecule is COc1c(C2=CCN(C(=O)OC(C)(C)C)CC2)cc(C(=O)N[C@H](C)c2cccc(C(F)(F)CO)c2)c2c1cnn2COCC[Si](C)(C)C. The first-order chi connectivity index (χ1) is 22.4. The minimum Gasteiger partial charge on any atom is -0.495 e. The first-order valence-corrected chi connectivity index (χ1v) is 19.9. The number of nitrogens with zero attached hydrogens (tertiary/aromatic N) is 3. The van der Waals surface area contributed by atoms with Gasteiger partial charge in [-0.05, 0) is 63.4 Å². The van der Waals surface area contributed by atoms with Gasteiger partial charge in [-0.1, -0.05) is 43.9 Å². The van der Waals surface area contributed by atoms with Crippen LogP contribution in [0, 0.1) is 0 Å². The highest BCUT2D eigenvalue weighted by Gasteiger charge is 2.32. The summed E-state index contributed by atoms with van der Waals surface area (Å²) in [5.74, 6) is -3.31. The Balaban J connectivity index is 1.72. The molecule has 0 saturated carbocycles. The smallest absolute Gasteiger partial charge is 0.410 e. The van der Waals surface area contributed by atoms with Crippen LogP contribution in [0.5, 0.6) is 5.75 Å². The second-order valence-electron chi connectivity index (χ2n) is 14.3. The average Bonchev–Trinajstić information content (AvgIpc) is 3.45. The molecule has 2 aromatic carbocycles. The molecule has 0 aliphatic carbocycles. The summed E-state index contributed by atoms with van der Waals surface area (Å²) in [5, 5.41) is 17.3. The highest BCUT2D eigenvalue weighted by molar-refractivity contribution is 6.76. The van der Waals surface area contributed by atoms with Crippen LogP contribution in [0.2, 0.25) is 25.7 Å². The van der Waals surface area contributed by atoms with Crippen molar-refractivity contribution in [2.75, 3.05) is 33.4 Å². The summed E-state index contributed by atoms with van der Waals surface area (Å²) in [4.78, 5) is 28.4. The number of carbonyl (C=O) groups excluding carboxylic acids is 2. The van der Waals surface area contributed by atoms with Crippen LogP contribution in [0.3, 0.4) is 0 Å². The van der Waals surface area contributed by atoms with E-state index >= 15 is 0 Å². The minimum absolute atomic E-state index is 0.123. The van der Waals surface area contributed by atoms with Gasteiger partial charge in [0.1, 0.15) is 24.7 Å². The fourth-order valence-corrected chi connectivity index (χ4v) is 6.17. The lowest BCUT2D eigenvalue weighted by atomic mass is 9.94. The van der Waals surface area contributed by atoms with E-state index in [2.05, 4.69) is 30.1 Å². The predicted octanol–water partition coefficient (Wildman–Crippen LogP) is 6.96. The van der Waals surface area contributed by atoms with Gasteiger partial charge < -0.3 is 29.5 Å². The molecule has 2 N–H and O–H groups in total. The number of amides is 2. The number of hydrogen-bond donors (Lipinski definition) is 2. The summed E-state index contributed by atoms with van der Waals surface area (Å²) < 4.78 is 47.6. The lowest BCUT2D eigenvalue weighted by molar-refractivity contribution is -0.0556. The maximum Gasteiger partial charge on any atom is 0.410 e. The van der Waals surface area contributed by atoms with Crippen LogP contribution in [-0.4, -0.2) is 78.9 Å². The van der Waals surface area contributed by atoms with Gasteiger partial charge in [-0.15, -0.1) is 0 Å². The Bertz CT molecular complexity index is 1660. The zero-order valence-corrected chi connectivity index (χ0v) is 30.2. The second-order valence-corrected chi connectivity index (χ2v) is 20.0. The lowest BCUT2D eigenvalue weighted by Gasteiger charge is -2.30. The molecule has 48 heavy (non-hydrogen) atoms. The number of hydrogen-bond acceptors (Lipinski definition) is 7. The van der Waals surface area contributed by atoms with Crippen LogP contribution in [0.1, 0.15) is 67.2 Å². The van der Waals surface area contributed by atoms with Gasteiger partial charge in [0.05, 0.1) is 35.8 Å². The number of fused-ring (bicyclic) bond motifs is 1. The molecule has 0 fully saturated rings. The number of ether oxygens (including phenoxy) is 3. The molecule has 1 aliphatic rings. The summed E-state index contributed by atoms with van der Waals surface area (Å²) in [5.41, 5.74) is 1.92. The number of aliphatic hydroxyl groups excluding tert-OH is 1. The third kappa shape index (κ3) is 9.00. The molecule has 0 bridgehead atoms. The Morgan fingerprint density at radius 2 is 1.90 bits per heavy atom. The standard InChI is InChI=1S/C35H48F2N4O6Si/c1-23(25-10-9-11-26(18-25)35(36,37)21-42)39-32(43)28-19-27(24-12-14-40(15-13-24)33(44)47-34(2,3)4)31(45-5)29-20-38-41(30(28)29)22-46-16-17-48(6,7)8/h9-12,18-20,23,42H,13-17,21-22H2,1-8H3,(H,39,43)/t23-/m1/s1. The van der Waals surface area contributed by atoms with Gasteiger partial charge in [-0.3, -0.25) is 4.79 Å². The third-order valence-corrected chi connectivity index (χ3v) is 9.80. The molecule has 13 heteroatoms. The molecule has 4 rings (SSSR count). The van der Waals surface area contributed by atoms with E-state index in [1.54, 1.807) is 41.9 Å². The lowest BCUT2D eigenvalue weighted by Crippen LogP contribution is -2.39. The van der Waals surface area contributed by atoms with E-state index in [-0.39, 0.29) is 12.3 Å². The van der Waals surface area contributed by atoms with Crippen molar-refractivity contribution in [1.82, 2.24) is 20.0 Å². The Morgan fingerprint density at radius 1 is 1.17 bits per heavy atom. The van der Waals surface area contributed by atoms with Crippen molar-refractivity contribution in [2.24, 2.45) is 0 Å². The molecular formula is C35H48F2N4O6Si. The van der Waals surface area contributed by atoms with Crippen molar-refractivity contribution in [2.45, 2.75) is 84.1 Å². The maximum atomic E-state index is 14.3. The van der Waals surface area contributed by atoms with Gasteiger partial charge in [0, 0.05) is 38.9 Å². The minimum atomic E-state index is -3.41. The normalized spacial score (nSPS) is 14.9. The van der Waals surface area contributed by atoms with Crippen LogP contribution >= 0.6 is 0 Å². The number of alkyl halides is 2. The van der Waals surface area contributed by atoms with Crippen molar-refractivity contribution in [3.05, 3.63) is 64.9 Å². The van der Waals surface area contributed by atoms with E-state index in [1.807, 2.05) is 26.8 Å². The van der Waals surface area contributed by atoms with Crippen LogP contribution < -0.4 is 10.1 Å². The molecule has 3 aromatic rings. The third-order valence-electron chi connectivity index (χ3n) is 8.09. The van der Waals surface area contributed by atoms with Gasteiger partial charge in [0.15, 0.2) is 0 Å². The highest BCUT2D eigenvalue weighted by Crippen LogP contribution is 2.39. The number of methoxy groups -OCH3 is 1. The van der Waals surface area contributed by atoms with E-state index in [1.165, 1.54) is 18.2 Å². The van der Waals surface area contributed by atoms with Crippen LogP contribution in [0.15, 0.2) is 42.6 Å². The average molecular weight is 687 g/mol. The first-order valence-electron chi connectivity index (χ1n) is 16.2. The van der Waals surface area contributed by atoms with Crippen molar-refractivity contribution in [1.29, 1.82) is 0 Å². The second kappa shape index (κ2) is 14.7. The van der Waals surface area contributed by atoms with Crippen molar-refractivity contribution >= 4 is 36.6 Å². The number of halogens is 2. The van der Waals surface area contributed by atoms with Crippen molar-refractivity contribution < 1.29 is 37.7 Å². The fraction of sp³-hybridized carbons (Fsp3) is 0.514. The number of benzene rings is 2. The number of aliphatic hydroxyl groups is 1. The van der Waals surface area contributed by atoms with Crippen molar-refractivity contribution in [3.8, 4) is 5.75 Å². The molecule has 10 nitrogen and oxygen atoms in total. The molecule has 1 atom stereocenters. The molecule has 262 valence electrons. The summed E-state index contributed by atoms with van der Waals surface area (Å²) in [6.45, 7) is 14.1. The fourth-order valence-electron chi connectivity index (χ4n) is 5.41. The van der Waals surface area contributed by atoms with Crippen LogP contribution in [0.4, 0.5) is 13.6 Å². The van der Waals surface area contributed by atoms with E-state index in [0.29, 0.717) is 59.5 Å². The first kappa shape index (κ1) is 37.0. The van der Waals surface area contributed by atoms with E-state index in [9.17, 15) is 23.5 Å². The maximum absolute atomic E-state index is 14.3. The van der Waals surface area contributed by atoms with E-state index in [0.717, 1.165) is 11.6 Å². The molecule has 0 radical (unpaired) electrons. The van der Waals surface area contributed by atoms with Gasteiger partial charge in [0.2, 0.25) is 0 Å². The predicted molar refractivity (Wildman–Crippen MR) is 184 cm³/mol. The Labute approximate surface area is 282 Å². The number of carbonyl (C=O) groups is 2. The van der Waals surface area contributed by atoms with Gasteiger partial charge in [0.25, 0.3) is 11.8 Å². The molecular weight excluding hydrogens is 638 g/mol. The van der Waals surface area contributed by atoms with Gasteiger partial charge >= 0.3 is 6.09 Å². The zero-order chi connectivity index (χ0) is 35.4. The molecule has 0 spiro atoms. The molecule has 2 amide bonds. The van der Waals surface area contributed by atoms with Crippen molar-refractivity contribution in [3.63, 3.8) is 0 Å². The van der Waals surface area contributed by atoms with E-state index in [4.69, 9.17) is 14.2 Å². The topological polar surface area (TPSA) is 115 Å². The molecule has 1 aliphatic heterocycles. The highest BCUT2D eigenvalue weighted by atomic mass is 28.3. The molecule has 0 saturated heterocycles. The van der Waals surface area contributed by atoms with Crippen LogP contribution in [-0.2, 0) is 22.1 Å². The number of nitrogens with one attached hydrogen (secondary N) is 1. The van der Waals surface area contributed by atoms with Gasteiger partial charge in [-0.2, -0.15) is 13.9 Å². The Kier molecular flexibility index (Phi) is 11.4. The Morgan fingerprint density at radius 3 is 2.50 bits per heavy atom. The molecule has 1 aromatic heterocycles. The van der Waals surface area contributed by atoms with Gasteiger partial charge in [-0.25, -0.2) is 9.48 Å². The number of rotatable bonds is 12. The summed E-state index contributed by atoms with van der Waals surface area (Å²) >= 11 is 0.